The number of aryl methyl sites for hydroxylation is 2. The third kappa shape index (κ3) is 6.55. The molecular formula is C23H28FO2. The zero-order valence-electron chi connectivity index (χ0n) is 15.5. The smallest absolute Gasteiger partial charge is 0.165 e. The summed E-state index contributed by atoms with van der Waals surface area (Å²) >= 11 is 0. The van der Waals surface area contributed by atoms with E-state index in [1.54, 1.807) is 19.1 Å². The fourth-order valence-electron chi connectivity index (χ4n) is 2.62. The monoisotopic (exact) mass is 355 g/mol. The number of Topliss-reactive ketones (excluding diaryl/α,β-unsaturated/α-hetero) is 2. The average Bonchev–Trinajstić information content (AvgIpc) is 3.49. The lowest BCUT2D eigenvalue weighted by atomic mass is 10.0. The van der Waals surface area contributed by atoms with Crippen molar-refractivity contribution >= 4 is 11.6 Å². The van der Waals surface area contributed by atoms with Crippen molar-refractivity contribution < 1.29 is 15.4 Å². The molecule has 0 N–H and O–H groups in total. The number of hydrogen-bond acceptors (Lipinski definition) is 2. The first-order chi connectivity index (χ1) is 12.5. The van der Waals surface area contributed by atoms with E-state index < -0.39 is 5.82 Å². The lowest BCUT2D eigenvalue weighted by molar-refractivity contribution is -0.120. The predicted octanol–water partition coefficient (Wildman–Crippen LogP) is 5.78. The molecule has 3 heteroatoms. The van der Waals surface area contributed by atoms with Crippen molar-refractivity contribution in [3.8, 4) is 0 Å². The molecule has 1 fully saturated rings. The second-order valence-corrected chi connectivity index (χ2v) is 6.64. The van der Waals surface area contributed by atoms with Gasteiger partial charge in [-0.15, -0.1) is 0 Å². The van der Waals surface area contributed by atoms with Crippen molar-refractivity contribution in [1.29, 1.82) is 0 Å². The molecule has 1 aliphatic rings. The molecule has 0 amide bonds. The average molecular weight is 355 g/mol. The van der Waals surface area contributed by atoms with Crippen molar-refractivity contribution in [2.45, 2.75) is 46.0 Å². The summed E-state index contributed by atoms with van der Waals surface area (Å²) in [4.78, 5) is 22.4. The highest BCUT2D eigenvalue weighted by Crippen LogP contribution is 2.29. The molecule has 0 aliphatic heterocycles. The first-order valence-electron chi connectivity index (χ1n) is 9.20. The number of carbonyl (C=O) groups is 2. The van der Waals surface area contributed by atoms with Crippen LogP contribution in [0.5, 0.6) is 0 Å². The van der Waals surface area contributed by atoms with Gasteiger partial charge in [0.25, 0.3) is 0 Å². The molecule has 2 aromatic rings. The Morgan fingerprint density at radius 2 is 1.77 bits per heavy atom. The van der Waals surface area contributed by atoms with Crippen molar-refractivity contribution in [3.05, 3.63) is 77.5 Å². The number of benzene rings is 2. The zero-order chi connectivity index (χ0) is 18.9. The number of carbonyl (C=O) groups excluding carboxylic acids is 2. The lowest BCUT2D eigenvalue weighted by Crippen LogP contribution is -2.00. The molecule has 1 aliphatic carbocycles. The van der Waals surface area contributed by atoms with E-state index in [2.05, 4.69) is 37.6 Å². The second kappa shape index (κ2) is 10.0. The molecule has 2 aromatic carbocycles. The largest absolute Gasteiger partial charge is 0.299 e. The van der Waals surface area contributed by atoms with Crippen molar-refractivity contribution in [2.24, 2.45) is 5.92 Å². The van der Waals surface area contributed by atoms with Crippen molar-refractivity contribution in [2.75, 3.05) is 0 Å². The Morgan fingerprint density at radius 3 is 2.35 bits per heavy atom. The van der Waals surface area contributed by atoms with Gasteiger partial charge >= 0.3 is 0 Å². The highest BCUT2D eigenvalue weighted by molar-refractivity contribution is 5.96. The van der Waals surface area contributed by atoms with E-state index in [1.165, 1.54) is 23.3 Å². The SMILES string of the molecule is CCC(=O)c1ccccc1F.Cc1ccc(CCCC(=O)C2[CH]C2)cc1.[HH]. The number of ketones is 2. The number of halogens is 1. The van der Waals surface area contributed by atoms with E-state index in [-0.39, 0.29) is 12.8 Å². The van der Waals surface area contributed by atoms with Crippen LogP contribution in [0.1, 0.15) is 55.5 Å². The molecular weight excluding hydrogens is 327 g/mol. The molecule has 1 saturated carbocycles. The standard InChI is InChI=1S/C14H17O.C9H9FO.H2/c1-11-5-7-12(8-6-11)3-2-4-14(15)13-9-10-13;1-2-9(11)7-5-3-4-6-8(7)10;/h5-9,13H,2-4,10H2,1H3;3-6H,2H2,1H3;1H. The summed E-state index contributed by atoms with van der Waals surface area (Å²) in [6.07, 6.45) is 6.22. The quantitative estimate of drug-likeness (QED) is 0.590. The van der Waals surface area contributed by atoms with E-state index >= 15 is 0 Å². The summed E-state index contributed by atoms with van der Waals surface area (Å²) in [6, 6.07) is 14.6. The minimum Gasteiger partial charge on any atom is -0.299 e. The molecule has 1 atom stereocenters. The van der Waals surface area contributed by atoms with Gasteiger partial charge in [-0.3, -0.25) is 9.59 Å². The van der Waals surface area contributed by atoms with E-state index in [9.17, 15) is 14.0 Å². The van der Waals surface area contributed by atoms with E-state index in [0.717, 1.165) is 25.7 Å². The van der Waals surface area contributed by atoms with Crippen LogP contribution in [-0.2, 0) is 11.2 Å². The lowest BCUT2D eigenvalue weighted by Gasteiger charge is -2.01. The highest BCUT2D eigenvalue weighted by Gasteiger charge is 2.28. The summed E-state index contributed by atoms with van der Waals surface area (Å²) < 4.78 is 12.8. The van der Waals surface area contributed by atoms with Gasteiger partial charge in [-0.05, 0) is 50.3 Å². The predicted molar refractivity (Wildman–Crippen MR) is 105 cm³/mol. The minimum atomic E-state index is -0.431. The fraction of sp³-hybridized carbons (Fsp3) is 0.348. The zero-order valence-corrected chi connectivity index (χ0v) is 15.5. The van der Waals surface area contributed by atoms with E-state index in [4.69, 9.17) is 0 Å². The Bertz CT molecular complexity index is 736. The second-order valence-electron chi connectivity index (χ2n) is 6.64. The van der Waals surface area contributed by atoms with Crippen LogP contribution in [0.2, 0.25) is 0 Å². The molecule has 3 rings (SSSR count). The molecule has 1 radical (unpaired) electrons. The Morgan fingerprint density at radius 1 is 1.12 bits per heavy atom. The maximum absolute atomic E-state index is 12.8. The number of hydrogen-bond donors (Lipinski definition) is 0. The molecule has 0 spiro atoms. The molecule has 0 aromatic heterocycles. The van der Waals surface area contributed by atoms with Gasteiger partial charge in [-0.1, -0.05) is 48.9 Å². The van der Waals surface area contributed by atoms with Gasteiger partial charge in [-0.25, -0.2) is 4.39 Å². The minimum absolute atomic E-state index is 0. The molecule has 1 unspecified atom stereocenters. The van der Waals surface area contributed by atoms with Crippen LogP contribution in [-0.4, -0.2) is 11.6 Å². The maximum Gasteiger partial charge on any atom is 0.165 e. The van der Waals surface area contributed by atoms with Crippen LogP contribution in [0.4, 0.5) is 4.39 Å². The Hall–Kier alpha value is -2.29. The molecule has 0 heterocycles. The Kier molecular flexibility index (Phi) is 7.71. The van der Waals surface area contributed by atoms with Crippen LogP contribution in [0.15, 0.2) is 48.5 Å². The van der Waals surface area contributed by atoms with Gasteiger partial charge in [0.15, 0.2) is 5.78 Å². The summed E-state index contributed by atoms with van der Waals surface area (Å²) in [5.74, 6) is 0.160. The first-order valence-corrected chi connectivity index (χ1v) is 9.20. The van der Waals surface area contributed by atoms with Gasteiger partial charge < -0.3 is 0 Å². The third-order valence-corrected chi connectivity index (χ3v) is 4.39. The van der Waals surface area contributed by atoms with Gasteiger partial charge in [0.05, 0.1) is 5.56 Å². The van der Waals surface area contributed by atoms with E-state index in [1.807, 2.05) is 0 Å². The molecule has 0 bridgehead atoms. The van der Waals surface area contributed by atoms with Crippen LogP contribution >= 0.6 is 0 Å². The van der Waals surface area contributed by atoms with Gasteiger partial charge in [0.1, 0.15) is 11.6 Å². The van der Waals surface area contributed by atoms with Crippen LogP contribution in [0.3, 0.4) is 0 Å². The third-order valence-electron chi connectivity index (χ3n) is 4.39. The molecule has 26 heavy (non-hydrogen) atoms. The Labute approximate surface area is 156 Å². The summed E-state index contributed by atoms with van der Waals surface area (Å²) in [5, 5.41) is 0. The molecule has 2 nitrogen and oxygen atoms in total. The maximum atomic E-state index is 12.8. The molecule has 139 valence electrons. The van der Waals surface area contributed by atoms with Crippen molar-refractivity contribution in [1.82, 2.24) is 0 Å². The van der Waals surface area contributed by atoms with Gasteiger partial charge in [0, 0.05) is 20.2 Å². The van der Waals surface area contributed by atoms with Crippen LogP contribution in [0, 0.1) is 25.1 Å². The molecule has 0 saturated heterocycles. The van der Waals surface area contributed by atoms with E-state index in [0.29, 0.717) is 18.1 Å². The summed E-state index contributed by atoms with van der Waals surface area (Å²) in [7, 11) is 0. The Balaban J connectivity index is 0.000000273. The van der Waals surface area contributed by atoms with Gasteiger partial charge in [-0.2, -0.15) is 0 Å². The topological polar surface area (TPSA) is 34.1 Å². The van der Waals surface area contributed by atoms with Crippen LogP contribution < -0.4 is 0 Å². The van der Waals surface area contributed by atoms with Crippen LogP contribution in [0.25, 0.3) is 0 Å². The first kappa shape index (κ1) is 20.0. The summed E-state index contributed by atoms with van der Waals surface area (Å²) in [5.41, 5.74) is 2.82. The number of rotatable bonds is 7. The highest BCUT2D eigenvalue weighted by atomic mass is 19.1. The van der Waals surface area contributed by atoms with Gasteiger partial charge in [0.2, 0.25) is 0 Å². The normalized spacial score (nSPS) is 12.9. The van der Waals surface area contributed by atoms with Crippen molar-refractivity contribution in [3.63, 3.8) is 0 Å². The fourth-order valence-corrected chi connectivity index (χ4v) is 2.62. The summed E-state index contributed by atoms with van der Waals surface area (Å²) in [6.45, 7) is 3.81.